The van der Waals surface area contributed by atoms with Crippen molar-refractivity contribution in [1.29, 1.82) is 0 Å². The highest BCUT2D eigenvalue weighted by molar-refractivity contribution is 8.03. The van der Waals surface area contributed by atoms with Crippen LogP contribution in [0.1, 0.15) is 12.1 Å². The van der Waals surface area contributed by atoms with E-state index in [1.165, 1.54) is 18.3 Å². The number of aromatic nitrogens is 1. The molecule has 0 fully saturated rings. The van der Waals surface area contributed by atoms with Crippen LogP contribution >= 0.6 is 11.8 Å². The summed E-state index contributed by atoms with van der Waals surface area (Å²) in [7, 11) is 0. The first-order valence-corrected chi connectivity index (χ1v) is 7.52. The second kappa shape index (κ2) is 7.18. The lowest BCUT2D eigenvalue weighted by Gasteiger charge is -2.22. The van der Waals surface area contributed by atoms with Crippen LogP contribution in [0.5, 0.6) is 0 Å². The molecule has 1 aliphatic rings. The quantitative estimate of drug-likeness (QED) is 0.819. The number of carbonyl (C=O) groups is 1. The number of pyridine rings is 1. The van der Waals surface area contributed by atoms with Crippen LogP contribution in [0.4, 0.5) is 22.4 Å². The molecule has 0 bridgehead atoms. The lowest BCUT2D eigenvalue weighted by molar-refractivity contribution is -0.0838. The predicted molar refractivity (Wildman–Crippen MR) is 77.5 cm³/mol. The lowest BCUT2D eigenvalue weighted by atomic mass is 10.3. The first-order chi connectivity index (χ1) is 10.8. The van der Waals surface area contributed by atoms with Gasteiger partial charge in [-0.15, -0.1) is 0 Å². The SMILES string of the molecule is NCCC1SC(C(F)(F)F)=CN1C(=O)NCc1ncccc1F. The Labute approximate surface area is 133 Å². The van der Waals surface area contributed by atoms with Gasteiger partial charge in [-0.1, -0.05) is 11.8 Å². The molecular weight excluding hydrogens is 336 g/mol. The van der Waals surface area contributed by atoms with E-state index in [2.05, 4.69) is 10.3 Å². The number of amides is 2. The minimum Gasteiger partial charge on any atom is -0.332 e. The first kappa shape index (κ1) is 17.5. The number of hydrogen-bond donors (Lipinski definition) is 2. The van der Waals surface area contributed by atoms with Crippen LogP contribution in [-0.4, -0.2) is 34.0 Å². The van der Waals surface area contributed by atoms with Crippen LogP contribution in [0.2, 0.25) is 0 Å². The molecule has 0 saturated carbocycles. The van der Waals surface area contributed by atoms with Gasteiger partial charge in [0.05, 0.1) is 17.6 Å². The third-order valence-electron chi connectivity index (χ3n) is 3.00. The summed E-state index contributed by atoms with van der Waals surface area (Å²) < 4.78 is 51.8. The van der Waals surface area contributed by atoms with Gasteiger partial charge in [0.2, 0.25) is 0 Å². The number of halogens is 4. The van der Waals surface area contributed by atoms with Gasteiger partial charge in [-0.2, -0.15) is 13.2 Å². The topological polar surface area (TPSA) is 71.2 Å². The first-order valence-electron chi connectivity index (χ1n) is 6.64. The summed E-state index contributed by atoms with van der Waals surface area (Å²) in [5, 5.41) is 1.62. The molecule has 2 amide bonds. The fourth-order valence-electron chi connectivity index (χ4n) is 1.91. The highest BCUT2D eigenvalue weighted by Crippen LogP contribution is 2.43. The Morgan fingerprint density at radius 1 is 1.48 bits per heavy atom. The Balaban J connectivity index is 2.06. The standard InChI is InChI=1S/C13H14F4N4OS/c14-8-2-1-5-19-9(8)6-20-12(22)21-7-10(13(15,16)17)23-11(21)3-4-18/h1-2,5,7,11H,3-4,6,18H2,(H,20,22). The molecule has 2 rings (SSSR count). The highest BCUT2D eigenvalue weighted by atomic mass is 32.2. The van der Waals surface area contributed by atoms with Gasteiger partial charge in [0.1, 0.15) is 10.7 Å². The van der Waals surface area contributed by atoms with E-state index >= 15 is 0 Å². The van der Waals surface area contributed by atoms with E-state index in [1.54, 1.807) is 0 Å². The number of nitrogens with two attached hydrogens (primary N) is 1. The van der Waals surface area contributed by atoms with E-state index in [1.807, 2.05) is 0 Å². The second-order valence-electron chi connectivity index (χ2n) is 4.64. The van der Waals surface area contributed by atoms with Crippen LogP contribution in [-0.2, 0) is 6.54 Å². The molecule has 2 heterocycles. The molecule has 1 atom stereocenters. The van der Waals surface area contributed by atoms with Crippen LogP contribution < -0.4 is 11.1 Å². The summed E-state index contributed by atoms with van der Waals surface area (Å²) in [5.74, 6) is -0.603. The van der Waals surface area contributed by atoms with E-state index in [0.717, 1.165) is 11.1 Å². The third-order valence-corrected chi connectivity index (χ3v) is 4.32. The van der Waals surface area contributed by atoms with Crippen molar-refractivity contribution in [1.82, 2.24) is 15.2 Å². The number of urea groups is 1. The van der Waals surface area contributed by atoms with Gasteiger partial charge in [0.15, 0.2) is 0 Å². The Bertz CT molecular complexity index is 608. The van der Waals surface area contributed by atoms with Gasteiger partial charge in [-0.3, -0.25) is 9.88 Å². The van der Waals surface area contributed by atoms with Gasteiger partial charge >= 0.3 is 12.2 Å². The van der Waals surface area contributed by atoms with Crippen molar-refractivity contribution in [3.8, 4) is 0 Å². The summed E-state index contributed by atoms with van der Waals surface area (Å²) in [6.45, 7) is -0.0908. The average molecular weight is 350 g/mol. The Morgan fingerprint density at radius 2 is 2.22 bits per heavy atom. The van der Waals surface area contributed by atoms with Crippen LogP contribution in [0.3, 0.4) is 0 Å². The minimum absolute atomic E-state index is 0.00287. The Hall–Kier alpha value is -1.81. The summed E-state index contributed by atoms with van der Waals surface area (Å²) in [6, 6.07) is 1.81. The van der Waals surface area contributed by atoms with Gasteiger partial charge < -0.3 is 11.1 Å². The van der Waals surface area contributed by atoms with E-state index in [-0.39, 0.29) is 25.2 Å². The summed E-state index contributed by atoms with van der Waals surface area (Å²) >= 11 is 0.535. The number of allylic oxidation sites excluding steroid dienone is 1. The van der Waals surface area contributed by atoms with Gasteiger partial charge in [0.25, 0.3) is 0 Å². The predicted octanol–water partition coefficient (Wildman–Crippen LogP) is 2.56. The van der Waals surface area contributed by atoms with Crippen LogP contribution in [0, 0.1) is 5.82 Å². The number of nitrogens with zero attached hydrogens (tertiary/aromatic N) is 2. The number of hydrogen-bond acceptors (Lipinski definition) is 4. The molecule has 1 aliphatic heterocycles. The molecule has 23 heavy (non-hydrogen) atoms. The number of nitrogens with one attached hydrogen (secondary N) is 1. The molecule has 0 radical (unpaired) electrons. The molecule has 126 valence electrons. The summed E-state index contributed by atoms with van der Waals surface area (Å²) in [5.41, 5.74) is 5.38. The fraction of sp³-hybridized carbons (Fsp3) is 0.385. The molecule has 0 aromatic carbocycles. The molecule has 1 unspecified atom stereocenters. The van der Waals surface area contributed by atoms with Crippen molar-refractivity contribution in [3.05, 3.63) is 40.9 Å². The van der Waals surface area contributed by atoms with Crippen LogP contribution in [0.25, 0.3) is 0 Å². The second-order valence-corrected chi connectivity index (χ2v) is 5.86. The van der Waals surface area contributed by atoms with E-state index < -0.39 is 28.3 Å². The van der Waals surface area contributed by atoms with E-state index in [0.29, 0.717) is 11.8 Å². The molecule has 0 saturated heterocycles. The van der Waals surface area contributed by atoms with Crippen LogP contribution in [0.15, 0.2) is 29.4 Å². The van der Waals surface area contributed by atoms with Crippen molar-refractivity contribution < 1.29 is 22.4 Å². The zero-order valence-corrected chi connectivity index (χ0v) is 12.6. The molecule has 0 aliphatic carbocycles. The maximum absolute atomic E-state index is 13.4. The smallest absolute Gasteiger partial charge is 0.332 e. The van der Waals surface area contributed by atoms with Gasteiger partial charge in [-0.25, -0.2) is 9.18 Å². The fourth-order valence-corrected chi connectivity index (χ4v) is 3.04. The largest absolute Gasteiger partial charge is 0.423 e. The Morgan fingerprint density at radius 3 is 2.83 bits per heavy atom. The number of thioether (sulfide) groups is 1. The third kappa shape index (κ3) is 4.35. The van der Waals surface area contributed by atoms with E-state index in [4.69, 9.17) is 5.73 Å². The van der Waals surface area contributed by atoms with Crippen molar-refractivity contribution in [2.75, 3.05) is 6.54 Å². The van der Waals surface area contributed by atoms with Crippen molar-refractivity contribution in [2.45, 2.75) is 24.5 Å². The molecule has 5 nitrogen and oxygen atoms in total. The minimum atomic E-state index is -4.53. The maximum atomic E-state index is 13.4. The molecule has 10 heteroatoms. The zero-order chi connectivity index (χ0) is 17.0. The van der Waals surface area contributed by atoms with Crippen molar-refractivity contribution in [3.63, 3.8) is 0 Å². The highest BCUT2D eigenvalue weighted by Gasteiger charge is 2.42. The number of rotatable bonds is 4. The monoisotopic (exact) mass is 350 g/mol. The van der Waals surface area contributed by atoms with Crippen molar-refractivity contribution in [2.24, 2.45) is 5.73 Å². The van der Waals surface area contributed by atoms with E-state index in [9.17, 15) is 22.4 Å². The molecule has 1 aromatic heterocycles. The molecule has 1 aromatic rings. The normalized spacial score (nSPS) is 18.0. The summed E-state index contributed by atoms with van der Waals surface area (Å²) in [6.07, 6.45) is -2.23. The molecule has 0 spiro atoms. The van der Waals surface area contributed by atoms with Gasteiger partial charge in [0, 0.05) is 12.4 Å². The van der Waals surface area contributed by atoms with Gasteiger partial charge in [-0.05, 0) is 25.1 Å². The maximum Gasteiger partial charge on any atom is 0.423 e. The number of alkyl halides is 3. The average Bonchev–Trinajstić information content (AvgIpc) is 2.91. The lowest BCUT2D eigenvalue weighted by Crippen LogP contribution is -2.40. The summed E-state index contributed by atoms with van der Waals surface area (Å²) in [4.78, 5) is 15.9. The van der Waals surface area contributed by atoms with Crippen molar-refractivity contribution >= 4 is 17.8 Å². The molecular formula is C13H14F4N4OS. The molecule has 3 N–H and O–H groups in total. The number of carbonyl (C=O) groups excluding carboxylic acids is 1. The Kier molecular flexibility index (Phi) is 5.47. The zero-order valence-electron chi connectivity index (χ0n) is 11.8.